The first kappa shape index (κ1) is 17.8. The number of hydrogen-bond donors (Lipinski definition) is 1. The molecular formula is C19H22ClN3O2S. The number of rotatable bonds is 6. The molecule has 1 aromatic carbocycles. The molecule has 1 aliphatic carbocycles. The van der Waals surface area contributed by atoms with Crippen molar-refractivity contribution in [2.24, 2.45) is 5.92 Å². The fraction of sp³-hybridized carbons (Fsp3) is 0.421. The van der Waals surface area contributed by atoms with Gasteiger partial charge in [-0.2, -0.15) is 4.31 Å². The number of pyridine rings is 1. The summed E-state index contributed by atoms with van der Waals surface area (Å²) in [6.07, 6.45) is 5.68. The molecule has 0 radical (unpaired) electrons. The van der Waals surface area contributed by atoms with E-state index < -0.39 is 10.0 Å². The molecule has 2 heterocycles. The SMILES string of the molecule is O=S(=O)(c1ccc(NC(c2ccc(Cl)cc2)C2CC2)nc1)N1CCCC1. The molecule has 1 aliphatic heterocycles. The van der Waals surface area contributed by atoms with Crippen molar-refractivity contribution in [3.05, 3.63) is 53.2 Å². The molecule has 138 valence electrons. The van der Waals surface area contributed by atoms with Crippen LogP contribution in [-0.4, -0.2) is 30.8 Å². The third kappa shape index (κ3) is 3.72. The molecule has 7 heteroatoms. The summed E-state index contributed by atoms with van der Waals surface area (Å²) >= 11 is 5.99. The van der Waals surface area contributed by atoms with Crippen LogP contribution in [-0.2, 0) is 10.0 Å². The predicted octanol–water partition coefficient (Wildman–Crippen LogP) is 4.08. The van der Waals surface area contributed by atoms with Crippen molar-refractivity contribution in [2.45, 2.75) is 36.6 Å². The molecule has 2 aromatic rings. The number of aromatic nitrogens is 1. The van der Waals surface area contributed by atoms with E-state index in [2.05, 4.69) is 10.3 Å². The molecule has 5 nitrogen and oxygen atoms in total. The first-order chi connectivity index (χ1) is 12.5. The molecule has 1 saturated carbocycles. The highest BCUT2D eigenvalue weighted by Crippen LogP contribution is 2.42. The van der Waals surface area contributed by atoms with Crippen molar-refractivity contribution in [1.29, 1.82) is 0 Å². The van der Waals surface area contributed by atoms with Gasteiger partial charge in [0, 0.05) is 24.3 Å². The summed E-state index contributed by atoms with van der Waals surface area (Å²) in [5, 5.41) is 4.18. The Kier molecular flexibility index (Phi) is 4.90. The van der Waals surface area contributed by atoms with E-state index in [9.17, 15) is 8.42 Å². The lowest BCUT2D eigenvalue weighted by atomic mass is 10.0. The number of hydrogen-bond acceptors (Lipinski definition) is 4. The van der Waals surface area contributed by atoms with Crippen molar-refractivity contribution in [3.63, 3.8) is 0 Å². The zero-order chi connectivity index (χ0) is 18.1. The molecule has 1 N–H and O–H groups in total. The molecule has 26 heavy (non-hydrogen) atoms. The van der Waals surface area contributed by atoms with Crippen LogP contribution in [0.15, 0.2) is 47.5 Å². The van der Waals surface area contributed by atoms with E-state index in [-0.39, 0.29) is 10.9 Å². The summed E-state index contributed by atoms with van der Waals surface area (Å²) in [5.74, 6) is 1.27. The van der Waals surface area contributed by atoms with Crippen LogP contribution in [0.3, 0.4) is 0 Å². The summed E-state index contributed by atoms with van der Waals surface area (Å²) in [6.45, 7) is 1.20. The number of halogens is 1. The molecule has 2 fully saturated rings. The summed E-state index contributed by atoms with van der Waals surface area (Å²) in [7, 11) is -3.42. The average molecular weight is 392 g/mol. The first-order valence-electron chi connectivity index (χ1n) is 9.02. The van der Waals surface area contributed by atoms with E-state index in [1.54, 1.807) is 12.1 Å². The number of nitrogens with one attached hydrogen (secondary N) is 1. The van der Waals surface area contributed by atoms with Crippen LogP contribution in [0.2, 0.25) is 5.02 Å². The number of benzene rings is 1. The van der Waals surface area contributed by atoms with E-state index in [0.717, 1.165) is 17.9 Å². The standard InChI is InChI=1S/C19H22ClN3O2S/c20-16-7-5-15(6-8-16)19(14-3-4-14)22-18-10-9-17(13-21-18)26(24,25)23-11-1-2-12-23/h5-10,13-14,19H,1-4,11-12H2,(H,21,22). The minimum atomic E-state index is -3.42. The van der Waals surface area contributed by atoms with Crippen LogP contribution >= 0.6 is 11.6 Å². The lowest BCUT2D eigenvalue weighted by molar-refractivity contribution is 0.477. The maximum Gasteiger partial charge on any atom is 0.244 e. The first-order valence-corrected chi connectivity index (χ1v) is 10.8. The minimum absolute atomic E-state index is 0.167. The van der Waals surface area contributed by atoms with Gasteiger partial charge in [0.05, 0.1) is 6.04 Å². The molecule has 0 spiro atoms. The third-order valence-corrected chi connectivity index (χ3v) is 7.20. The fourth-order valence-corrected chi connectivity index (χ4v) is 5.02. The van der Waals surface area contributed by atoms with E-state index in [4.69, 9.17) is 11.6 Å². The largest absolute Gasteiger partial charge is 0.363 e. The molecule has 4 rings (SSSR count). The van der Waals surface area contributed by atoms with Gasteiger partial charge >= 0.3 is 0 Å². The second-order valence-corrected chi connectivity index (χ2v) is 9.38. The van der Waals surface area contributed by atoms with Gasteiger partial charge in [0.15, 0.2) is 0 Å². The number of anilines is 1. The van der Waals surface area contributed by atoms with E-state index in [1.165, 1.54) is 28.9 Å². The van der Waals surface area contributed by atoms with Gasteiger partial charge in [0.2, 0.25) is 10.0 Å². The number of nitrogens with zero attached hydrogens (tertiary/aromatic N) is 2. The zero-order valence-corrected chi connectivity index (χ0v) is 16.0. The molecule has 0 amide bonds. The van der Waals surface area contributed by atoms with Gasteiger partial charge in [-0.3, -0.25) is 0 Å². The van der Waals surface area contributed by atoms with Gasteiger partial charge in [-0.1, -0.05) is 23.7 Å². The van der Waals surface area contributed by atoms with Crippen molar-refractivity contribution in [2.75, 3.05) is 18.4 Å². The summed E-state index contributed by atoms with van der Waals surface area (Å²) in [5.41, 5.74) is 1.17. The van der Waals surface area contributed by atoms with Crippen LogP contribution in [0.5, 0.6) is 0 Å². The highest BCUT2D eigenvalue weighted by molar-refractivity contribution is 7.89. The van der Waals surface area contributed by atoms with Gasteiger partial charge in [-0.15, -0.1) is 0 Å². The zero-order valence-electron chi connectivity index (χ0n) is 14.4. The molecule has 1 atom stereocenters. The fourth-order valence-electron chi connectivity index (χ4n) is 3.43. The smallest absolute Gasteiger partial charge is 0.244 e. The molecule has 1 aromatic heterocycles. The minimum Gasteiger partial charge on any atom is -0.363 e. The van der Waals surface area contributed by atoms with Crippen molar-refractivity contribution in [1.82, 2.24) is 9.29 Å². The van der Waals surface area contributed by atoms with E-state index in [1.807, 2.05) is 24.3 Å². The van der Waals surface area contributed by atoms with Crippen LogP contribution < -0.4 is 5.32 Å². The number of sulfonamides is 1. The van der Waals surface area contributed by atoms with E-state index >= 15 is 0 Å². The second kappa shape index (κ2) is 7.18. The summed E-state index contributed by atoms with van der Waals surface area (Å²) in [4.78, 5) is 4.63. The molecule has 0 bridgehead atoms. The summed E-state index contributed by atoms with van der Waals surface area (Å²) < 4.78 is 26.7. The highest BCUT2D eigenvalue weighted by Gasteiger charge is 2.33. The van der Waals surface area contributed by atoms with Gasteiger partial charge in [-0.05, 0) is 61.4 Å². The lowest BCUT2D eigenvalue weighted by Crippen LogP contribution is -2.28. The third-order valence-electron chi connectivity index (χ3n) is 5.07. The Morgan fingerprint density at radius 3 is 2.35 bits per heavy atom. The Bertz CT molecular complexity index is 859. The van der Waals surface area contributed by atoms with Crippen LogP contribution in [0.25, 0.3) is 0 Å². The Morgan fingerprint density at radius 2 is 1.77 bits per heavy atom. The second-order valence-electron chi connectivity index (χ2n) is 7.00. The van der Waals surface area contributed by atoms with E-state index in [0.29, 0.717) is 24.8 Å². The Balaban J connectivity index is 1.52. The van der Waals surface area contributed by atoms with Gasteiger partial charge in [0.1, 0.15) is 10.7 Å². The summed E-state index contributed by atoms with van der Waals surface area (Å²) in [6, 6.07) is 11.4. The van der Waals surface area contributed by atoms with Crippen LogP contribution in [0.4, 0.5) is 5.82 Å². The van der Waals surface area contributed by atoms with Crippen molar-refractivity contribution >= 4 is 27.4 Å². The van der Waals surface area contributed by atoms with Gasteiger partial charge in [0.25, 0.3) is 0 Å². The van der Waals surface area contributed by atoms with Crippen LogP contribution in [0.1, 0.15) is 37.3 Å². The lowest BCUT2D eigenvalue weighted by Gasteiger charge is -2.20. The molecule has 1 saturated heterocycles. The van der Waals surface area contributed by atoms with Crippen molar-refractivity contribution in [3.8, 4) is 0 Å². The molecule has 1 unspecified atom stereocenters. The Hall–Kier alpha value is -1.63. The van der Waals surface area contributed by atoms with Crippen molar-refractivity contribution < 1.29 is 8.42 Å². The maximum atomic E-state index is 12.6. The average Bonchev–Trinajstić information content (AvgIpc) is 3.33. The maximum absolute atomic E-state index is 12.6. The quantitative estimate of drug-likeness (QED) is 0.805. The molecule has 2 aliphatic rings. The van der Waals surface area contributed by atoms with Gasteiger partial charge < -0.3 is 5.32 Å². The molecular weight excluding hydrogens is 370 g/mol. The topological polar surface area (TPSA) is 62.3 Å². The highest BCUT2D eigenvalue weighted by atomic mass is 35.5. The van der Waals surface area contributed by atoms with Crippen LogP contribution in [0, 0.1) is 5.92 Å². The monoisotopic (exact) mass is 391 g/mol. The predicted molar refractivity (Wildman–Crippen MR) is 103 cm³/mol. The van der Waals surface area contributed by atoms with Gasteiger partial charge in [-0.25, -0.2) is 13.4 Å². The Morgan fingerprint density at radius 1 is 1.08 bits per heavy atom. The Labute approximate surface area is 159 Å². The normalized spacial score (nSPS) is 19.4.